The third-order valence-electron chi connectivity index (χ3n) is 4.99. The Morgan fingerprint density at radius 2 is 1.96 bits per heavy atom. The molecular weight excluding hydrogens is 374 g/mol. The van der Waals surface area contributed by atoms with Gasteiger partial charge in [-0.2, -0.15) is 4.98 Å². The first-order chi connectivity index (χ1) is 13.6. The van der Waals surface area contributed by atoms with E-state index in [1.807, 2.05) is 37.3 Å². The van der Waals surface area contributed by atoms with E-state index in [0.29, 0.717) is 10.3 Å². The van der Waals surface area contributed by atoms with Gasteiger partial charge in [0.15, 0.2) is 10.8 Å². The fourth-order valence-corrected chi connectivity index (χ4v) is 4.46. The zero-order valence-corrected chi connectivity index (χ0v) is 16.6. The first-order valence-corrected chi connectivity index (χ1v) is 10.4. The normalized spacial score (nSPS) is 15.5. The monoisotopic (exact) mass is 397 g/mol. The predicted octanol–water partition coefficient (Wildman–Crippen LogP) is 2.72. The molecule has 1 fully saturated rings. The van der Waals surface area contributed by atoms with Crippen LogP contribution in [0, 0.1) is 0 Å². The number of hydrogen-bond donors (Lipinski definition) is 1. The third kappa shape index (κ3) is 3.91. The van der Waals surface area contributed by atoms with Crippen molar-refractivity contribution in [3.05, 3.63) is 52.6 Å². The zero-order valence-electron chi connectivity index (χ0n) is 15.8. The molecule has 3 aromatic rings. The predicted molar refractivity (Wildman–Crippen MR) is 111 cm³/mol. The van der Waals surface area contributed by atoms with Crippen molar-refractivity contribution in [2.45, 2.75) is 38.8 Å². The molecule has 1 atom stereocenters. The Hall–Kier alpha value is -2.74. The van der Waals surface area contributed by atoms with E-state index in [0.717, 1.165) is 36.6 Å². The molecule has 1 saturated heterocycles. The van der Waals surface area contributed by atoms with Crippen LogP contribution in [0.1, 0.15) is 37.8 Å². The molecule has 1 aliphatic heterocycles. The van der Waals surface area contributed by atoms with Crippen molar-refractivity contribution < 1.29 is 4.79 Å². The number of rotatable bonds is 5. The van der Waals surface area contributed by atoms with Gasteiger partial charge >= 0.3 is 0 Å². The number of piperidine rings is 1. The summed E-state index contributed by atoms with van der Waals surface area (Å²) in [5.74, 6) is -0.222. The second-order valence-corrected chi connectivity index (χ2v) is 8.05. The average molecular weight is 398 g/mol. The highest BCUT2D eigenvalue weighted by Gasteiger charge is 2.18. The number of nitrogens with one attached hydrogen (secondary N) is 1. The van der Waals surface area contributed by atoms with Gasteiger partial charge in [-0.3, -0.25) is 14.2 Å². The van der Waals surface area contributed by atoms with Crippen molar-refractivity contribution >= 4 is 32.7 Å². The van der Waals surface area contributed by atoms with Crippen LogP contribution < -0.4 is 15.8 Å². The highest BCUT2D eigenvalue weighted by molar-refractivity contribution is 7.22. The molecule has 1 N–H and O–H groups in total. The minimum absolute atomic E-state index is 0.0596. The number of carbonyl (C=O) groups excluding carboxylic acids is 1. The summed E-state index contributed by atoms with van der Waals surface area (Å²) in [5, 5.41) is 3.78. The van der Waals surface area contributed by atoms with Crippen LogP contribution in [0.2, 0.25) is 0 Å². The molecule has 0 saturated carbocycles. The summed E-state index contributed by atoms with van der Waals surface area (Å²) >= 11 is 1.37. The van der Waals surface area contributed by atoms with Crippen LogP contribution in [-0.4, -0.2) is 33.5 Å². The van der Waals surface area contributed by atoms with E-state index in [1.165, 1.54) is 28.7 Å². The molecule has 1 aromatic carbocycles. The third-order valence-corrected chi connectivity index (χ3v) is 6.08. The fourth-order valence-electron chi connectivity index (χ4n) is 3.44. The van der Waals surface area contributed by atoms with Crippen molar-refractivity contribution in [2.75, 3.05) is 18.0 Å². The molecule has 0 unspecified atom stereocenters. The summed E-state index contributed by atoms with van der Waals surface area (Å²) in [6.07, 6.45) is 4.95. The van der Waals surface area contributed by atoms with Crippen LogP contribution >= 0.6 is 11.3 Å². The molecule has 1 amide bonds. The van der Waals surface area contributed by atoms with E-state index in [-0.39, 0.29) is 24.1 Å². The molecule has 0 aliphatic carbocycles. The van der Waals surface area contributed by atoms with E-state index < -0.39 is 0 Å². The number of carbonyl (C=O) groups is 1. The Balaban J connectivity index is 1.50. The Kier molecular flexibility index (Phi) is 5.38. The molecule has 7 nitrogen and oxygen atoms in total. The van der Waals surface area contributed by atoms with Gasteiger partial charge in [-0.1, -0.05) is 41.7 Å². The molecule has 0 radical (unpaired) electrons. The van der Waals surface area contributed by atoms with Crippen LogP contribution in [0.25, 0.3) is 10.3 Å². The van der Waals surface area contributed by atoms with Gasteiger partial charge in [0.25, 0.3) is 5.56 Å². The lowest BCUT2D eigenvalue weighted by atomic mass is 10.1. The minimum Gasteiger partial charge on any atom is -0.348 e. The SMILES string of the molecule is C[C@@H](NC(=O)Cn1cnc2nc(N3CCCCC3)sc2c1=O)c1ccccc1. The summed E-state index contributed by atoms with van der Waals surface area (Å²) in [4.78, 5) is 36.3. The van der Waals surface area contributed by atoms with Gasteiger partial charge in [0.1, 0.15) is 17.6 Å². The fraction of sp³-hybridized carbons (Fsp3) is 0.400. The van der Waals surface area contributed by atoms with E-state index >= 15 is 0 Å². The van der Waals surface area contributed by atoms with Gasteiger partial charge in [0.05, 0.1) is 6.04 Å². The maximum atomic E-state index is 12.8. The van der Waals surface area contributed by atoms with E-state index in [1.54, 1.807) is 0 Å². The maximum absolute atomic E-state index is 12.8. The Morgan fingerprint density at radius 3 is 2.71 bits per heavy atom. The summed E-state index contributed by atoms with van der Waals surface area (Å²) in [5.41, 5.74) is 1.27. The summed E-state index contributed by atoms with van der Waals surface area (Å²) in [6, 6.07) is 9.60. The molecule has 0 bridgehead atoms. The van der Waals surface area contributed by atoms with Gasteiger partial charge in [-0.25, -0.2) is 4.98 Å². The number of nitrogens with zero attached hydrogens (tertiary/aromatic N) is 4. The largest absolute Gasteiger partial charge is 0.348 e. The minimum atomic E-state index is -0.222. The number of benzene rings is 1. The highest BCUT2D eigenvalue weighted by atomic mass is 32.1. The molecular formula is C20H23N5O2S. The first kappa shape index (κ1) is 18.6. The van der Waals surface area contributed by atoms with Gasteiger partial charge < -0.3 is 10.2 Å². The average Bonchev–Trinajstić information content (AvgIpc) is 3.17. The van der Waals surface area contributed by atoms with Crippen molar-refractivity contribution in [1.82, 2.24) is 19.9 Å². The molecule has 4 rings (SSSR count). The van der Waals surface area contributed by atoms with Gasteiger partial charge in [-0.15, -0.1) is 0 Å². The van der Waals surface area contributed by atoms with E-state index in [4.69, 9.17) is 0 Å². The van der Waals surface area contributed by atoms with Gasteiger partial charge in [0, 0.05) is 13.1 Å². The van der Waals surface area contributed by atoms with Gasteiger partial charge in [0.2, 0.25) is 5.91 Å². The lowest BCUT2D eigenvalue weighted by molar-refractivity contribution is -0.122. The van der Waals surface area contributed by atoms with Crippen molar-refractivity contribution in [1.29, 1.82) is 0 Å². The van der Waals surface area contributed by atoms with Crippen LogP contribution in [0.15, 0.2) is 41.5 Å². The number of fused-ring (bicyclic) bond motifs is 1. The summed E-state index contributed by atoms with van der Waals surface area (Å²) in [6.45, 7) is 3.79. The van der Waals surface area contributed by atoms with Crippen molar-refractivity contribution in [3.63, 3.8) is 0 Å². The molecule has 146 valence electrons. The summed E-state index contributed by atoms with van der Waals surface area (Å²) in [7, 11) is 0. The first-order valence-electron chi connectivity index (χ1n) is 9.57. The van der Waals surface area contributed by atoms with E-state index in [2.05, 4.69) is 20.2 Å². The Labute approximate surface area is 167 Å². The Morgan fingerprint density at radius 1 is 1.21 bits per heavy atom. The van der Waals surface area contributed by atoms with Crippen LogP contribution in [0.3, 0.4) is 0 Å². The Bertz CT molecular complexity index is 1020. The molecule has 8 heteroatoms. The van der Waals surface area contributed by atoms with E-state index in [9.17, 15) is 9.59 Å². The van der Waals surface area contributed by atoms with Crippen molar-refractivity contribution in [2.24, 2.45) is 0 Å². The van der Waals surface area contributed by atoms with Crippen molar-refractivity contribution in [3.8, 4) is 0 Å². The number of aromatic nitrogens is 3. The number of hydrogen-bond acceptors (Lipinski definition) is 6. The number of thiazole rings is 1. The standard InChI is InChI=1S/C20H23N5O2S/c1-14(15-8-4-2-5-9-15)22-16(26)12-25-13-21-18-17(19(25)27)28-20(23-18)24-10-6-3-7-11-24/h2,4-5,8-9,13-14H,3,6-7,10-12H2,1H3,(H,22,26)/t14-/m1/s1. The van der Waals surface area contributed by atoms with Crippen LogP contribution in [-0.2, 0) is 11.3 Å². The highest BCUT2D eigenvalue weighted by Crippen LogP contribution is 2.27. The zero-order chi connectivity index (χ0) is 19.5. The topological polar surface area (TPSA) is 80.1 Å². The van der Waals surface area contributed by atoms with Crippen LogP contribution in [0.5, 0.6) is 0 Å². The lowest BCUT2D eigenvalue weighted by Gasteiger charge is -2.25. The van der Waals surface area contributed by atoms with Gasteiger partial charge in [-0.05, 0) is 31.7 Å². The summed E-state index contributed by atoms with van der Waals surface area (Å²) < 4.78 is 1.86. The quantitative estimate of drug-likeness (QED) is 0.716. The molecule has 1 aliphatic rings. The molecule has 2 aromatic heterocycles. The number of anilines is 1. The lowest BCUT2D eigenvalue weighted by Crippen LogP contribution is -2.33. The number of amides is 1. The second-order valence-electron chi connectivity index (χ2n) is 7.07. The molecule has 3 heterocycles. The van der Waals surface area contributed by atoms with Crippen LogP contribution in [0.4, 0.5) is 5.13 Å². The smallest absolute Gasteiger partial charge is 0.273 e. The second kappa shape index (κ2) is 8.10. The maximum Gasteiger partial charge on any atom is 0.273 e. The molecule has 0 spiro atoms. The molecule has 28 heavy (non-hydrogen) atoms.